The highest BCUT2D eigenvalue weighted by Crippen LogP contribution is 2.25. The third-order valence-corrected chi connectivity index (χ3v) is 5.42. The van der Waals surface area contributed by atoms with Crippen molar-refractivity contribution < 1.29 is 13.9 Å². The molecule has 8 heteroatoms. The van der Waals surface area contributed by atoms with Crippen LogP contribution in [0, 0.1) is 11.6 Å². The first-order chi connectivity index (χ1) is 15.9. The lowest BCUT2D eigenvalue weighted by Gasteiger charge is -2.30. The normalized spacial score (nSPS) is 16.0. The van der Waals surface area contributed by atoms with Crippen LogP contribution in [0.4, 0.5) is 20.4 Å². The zero-order valence-corrected chi connectivity index (χ0v) is 19.4. The highest BCUT2D eigenvalue weighted by atomic mass is 19.1. The summed E-state index contributed by atoms with van der Waals surface area (Å²) in [6.45, 7) is 7.11. The Morgan fingerprint density at radius 2 is 2.00 bits per heavy atom. The molecule has 1 saturated heterocycles. The van der Waals surface area contributed by atoms with E-state index in [1.165, 1.54) is 12.4 Å². The van der Waals surface area contributed by atoms with Crippen molar-refractivity contribution in [1.29, 1.82) is 0 Å². The molecule has 176 valence electrons. The van der Waals surface area contributed by atoms with E-state index in [1.807, 2.05) is 39.0 Å². The molecule has 0 bridgehead atoms. The van der Waals surface area contributed by atoms with Gasteiger partial charge in [-0.2, -0.15) is 4.39 Å². The molecule has 3 heterocycles. The lowest BCUT2D eigenvalue weighted by Crippen LogP contribution is -2.37. The van der Waals surface area contributed by atoms with Crippen LogP contribution >= 0.6 is 0 Å². The van der Waals surface area contributed by atoms with E-state index < -0.39 is 11.6 Å². The first-order valence-corrected chi connectivity index (χ1v) is 11.3. The van der Waals surface area contributed by atoms with Crippen LogP contribution in [0.5, 0.6) is 0 Å². The molecular formula is C25H31F2N5O. The van der Waals surface area contributed by atoms with Crippen LogP contribution in [0.15, 0.2) is 48.5 Å². The fourth-order valence-corrected chi connectivity index (χ4v) is 3.76. The van der Waals surface area contributed by atoms with E-state index in [2.05, 4.69) is 26.3 Å². The molecule has 6 nitrogen and oxygen atoms in total. The van der Waals surface area contributed by atoms with E-state index >= 15 is 0 Å². The second kappa shape index (κ2) is 11.7. The summed E-state index contributed by atoms with van der Waals surface area (Å²) in [7, 11) is 0. The van der Waals surface area contributed by atoms with Gasteiger partial charge in [-0.25, -0.2) is 14.4 Å². The van der Waals surface area contributed by atoms with Gasteiger partial charge in [0.15, 0.2) is 11.6 Å². The van der Waals surface area contributed by atoms with E-state index in [9.17, 15) is 13.9 Å². The van der Waals surface area contributed by atoms with Crippen LogP contribution in [-0.4, -0.2) is 39.3 Å². The second-order valence-corrected chi connectivity index (χ2v) is 8.06. The predicted octanol–water partition coefficient (Wildman–Crippen LogP) is 5.04. The molecule has 0 aliphatic carbocycles. The molecule has 0 atom stereocenters. The van der Waals surface area contributed by atoms with Gasteiger partial charge in [0, 0.05) is 31.4 Å². The number of nitrogens with zero attached hydrogens (tertiary/aromatic N) is 4. The average Bonchev–Trinajstić information content (AvgIpc) is 2.79. The first-order valence-electron chi connectivity index (χ1n) is 11.3. The average molecular weight is 456 g/mol. The molecule has 0 saturated carbocycles. The van der Waals surface area contributed by atoms with Crippen LogP contribution in [0.25, 0.3) is 5.57 Å². The smallest absolute Gasteiger partial charge is 0.207 e. The Bertz CT molecular complexity index is 1040. The Balaban J connectivity index is 1.74. The number of aliphatic hydroxyl groups excluding tert-OH is 1. The van der Waals surface area contributed by atoms with Gasteiger partial charge >= 0.3 is 0 Å². The molecule has 1 aliphatic heterocycles. The Morgan fingerprint density at radius 3 is 2.67 bits per heavy atom. The minimum atomic E-state index is -0.560. The van der Waals surface area contributed by atoms with E-state index in [1.54, 1.807) is 11.1 Å². The summed E-state index contributed by atoms with van der Waals surface area (Å²) in [5.41, 5.74) is 2.56. The third-order valence-electron chi connectivity index (χ3n) is 5.42. The van der Waals surface area contributed by atoms with Crippen LogP contribution in [0.2, 0.25) is 0 Å². The zero-order valence-electron chi connectivity index (χ0n) is 19.4. The fraction of sp³-hybridized carbons (Fsp3) is 0.400. The quantitative estimate of drug-likeness (QED) is 0.544. The van der Waals surface area contributed by atoms with Crippen molar-refractivity contribution in [3.63, 3.8) is 0 Å². The van der Waals surface area contributed by atoms with Crippen LogP contribution < -0.4 is 10.2 Å². The van der Waals surface area contributed by atoms with Gasteiger partial charge in [-0.15, -0.1) is 0 Å². The maximum atomic E-state index is 15.0. The molecule has 0 spiro atoms. The molecule has 0 radical (unpaired) electrons. The van der Waals surface area contributed by atoms with Crippen molar-refractivity contribution in [2.24, 2.45) is 0 Å². The van der Waals surface area contributed by atoms with Gasteiger partial charge in [0.05, 0.1) is 6.10 Å². The van der Waals surface area contributed by atoms with Gasteiger partial charge in [-0.3, -0.25) is 4.98 Å². The monoisotopic (exact) mass is 455 g/mol. The highest BCUT2D eigenvalue weighted by molar-refractivity contribution is 5.74. The van der Waals surface area contributed by atoms with Crippen LogP contribution in [0.1, 0.15) is 51.3 Å². The standard InChI is InChI=1S/C25H31F2N5O/c1-4-6-17(3)12-19(7-5-2)23-21(26)13-18(14-28-23)15-29-24-22(27)25(31-16-30-24)32-10-8-20(33)9-11-32/h5-7,12-14,16,20,33H,4,8-11,15H2,1-3H3,(H,29,30,31)/b7-5-,17-6+,19-12+. The lowest BCUT2D eigenvalue weighted by atomic mass is 10.1. The molecule has 3 rings (SSSR count). The van der Waals surface area contributed by atoms with Crippen LogP contribution in [0.3, 0.4) is 0 Å². The van der Waals surface area contributed by atoms with Crippen LogP contribution in [-0.2, 0) is 6.54 Å². The number of rotatable bonds is 8. The van der Waals surface area contributed by atoms with E-state index in [-0.39, 0.29) is 30.0 Å². The summed E-state index contributed by atoms with van der Waals surface area (Å²) in [6, 6.07) is 1.40. The Morgan fingerprint density at radius 1 is 1.24 bits per heavy atom. The molecule has 0 unspecified atom stereocenters. The summed E-state index contributed by atoms with van der Waals surface area (Å²) >= 11 is 0. The van der Waals surface area contributed by atoms with Gasteiger partial charge < -0.3 is 15.3 Å². The molecule has 1 aliphatic rings. The summed E-state index contributed by atoms with van der Waals surface area (Å²) in [5.74, 6) is -0.754. The summed E-state index contributed by atoms with van der Waals surface area (Å²) in [6.07, 6.45) is 12.2. The molecular weight excluding hydrogens is 424 g/mol. The number of anilines is 2. The number of allylic oxidation sites excluding steroid dienone is 6. The summed E-state index contributed by atoms with van der Waals surface area (Å²) < 4.78 is 29.9. The first kappa shape index (κ1) is 24.5. The minimum Gasteiger partial charge on any atom is -0.393 e. The van der Waals surface area contributed by atoms with E-state index in [4.69, 9.17) is 0 Å². The molecule has 33 heavy (non-hydrogen) atoms. The van der Waals surface area contributed by atoms with Gasteiger partial charge in [0.1, 0.15) is 17.8 Å². The maximum Gasteiger partial charge on any atom is 0.207 e. The van der Waals surface area contributed by atoms with Crippen molar-refractivity contribution in [2.75, 3.05) is 23.3 Å². The van der Waals surface area contributed by atoms with Crippen molar-refractivity contribution in [1.82, 2.24) is 15.0 Å². The molecule has 0 amide bonds. The van der Waals surface area contributed by atoms with Crippen molar-refractivity contribution in [2.45, 2.75) is 52.7 Å². The molecule has 2 aromatic heterocycles. The number of halogens is 2. The number of aromatic nitrogens is 3. The van der Waals surface area contributed by atoms with Gasteiger partial charge in [0.25, 0.3) is 0 Å². The molecule has 2 aromatic rings. The maximum absolute atomic E-state index is 15.0. The topological polar surface area (TPSA) is 74.2 Å². The van der Waals surface area contributed by atoms with Crippen molar-refractivity contribution >= 4 is 17.2 Å². The Hall–Kier alpha value is -3.13. The third kappa shape index (κ3) is 6.44. The fourth-order valence-electron chi connectivity index (χ4n) is 3.76. The molecule has 1 fully saturated rings. The highest BCUT2D eigenvalue weighted by Gasteiger charge is 2.22. The molecule has 2 N–H and O–H groups in total. The van der Waals surface area contributed by atoms with Gasteiger partial charge in [-0.1, -0.05) is 36.8 Å². The predicted molar refractivity (Wildman–Crippen MR) is 128 cm³/mol. The van der Waals surface area contributed by atoms with Gasteiger partial charge in [0.2, 0.25) is 5.82 Å². The van der Waals surface area contributed by atoms with Crippen molar-refractivity contribution in [3.05, 3.63) is 71.4 Å². The number of hydrogen-bond donors (Lipinski definition) is 2. The van der Waals surface area contributed by atoms with E-state index in [0.29, 0.717) is 37.1 Å². The summed E-state index contributed by atoms with van der Waals surface area (Å²) in [4.78, 5) is 14.2. The Kier molecular flexibility index (Phi) is 8.65. The lowest BCUT2D eigenvalue weighted by molar-refractivity contribution is 0.145. The summed E-state index contributed by atoms with van der Waals surface area (Å²) in [5, 5.41) is 12.6. The number of pyridine rings is 1. The number of piperidine rings is 1. The number of aliphatic hydroxyl groups is 1. The largest absolute Gasteiger partial charge is 0.393 e. The zero-order chi connectivity index (χ0) is 23.8. The minimum absolute atomic E-state index is 0.0467. The number of hydrogen-bond acceptors (Lipinski definition) is 6. The Labute approximate surface area is 193 Å². The van der Waals surface area contributed by atoms with Crippen molar-refractivity contribution in [3.8, 4) is 0 Å². The van der Waals surface area contributed by atoms with E-state index in [0.717, 1.165) is 12.0 Å². The number of nitrogens with one attached hydrogen (secondary N) is 1. The second-order valence-electron chi connectivity index (χ2n) is 8.06. The van der Waals surface area contributed by atoms with Gasteiger partial charge in [-0.05, 0) is 44.7 Å². The SMILES string of the molecule is C\C=C/C(=C\C(C)=C\CC)c1ncc(CNc2ncnc(N3CCC(O)CC3)c2F)cc1F. The molecule has 0 aromatic carbocycles.